The molecule has 1 aromatic rings. The number of ketones is 1. The lowest BCUT2D eigenvalue weighted by Crippen LogP contribution is -2.25. The third-order valence-corrected chi connectivity index (χ3v) is 2.83. The van der Waals surface area contributed by atoms with Gasteiger partial charge < -0.3 is 5.32 Å². The van der Waals surface area contributed by atoms with Crippen LogP contribution in [0.2, 0.25) is 0 Å². The Balaban J connectivity index is 2.41. The molecule has 1 aromatic carbocycles. The Hall–Kier alpha value is -1.41. The number of benzene rings is 1. The van der Waals surface area contributed by atoms with Gasteiger partial charge in [-0.2, -0.15) is 0 Å². The van der Waals surface area contributed by atoms with E-state index >= 15 is 0 Å². The lowest BCUT2D eigenvalue weighted by Gasteiger charge is -2.19. The first-order chi connectivity index (χ1) is 7.68. The fourth-order valence-electron chi connectivity index (χ4n) is 2.10. The number of fused-ring (bicyclic) bond motifs is 1. The van der Waals surface area contributed by atoms with Gasteiger partial charge >= 0.3 is 0 Å². The van der Waals surface area contributed by atoms with E-state index < -0.39 is 0 Å². The summed E-state index contributed by atoms with van der Waals surface area (Å²) < 4.78 is 0. The van der Waals surface area contributed by atoms with Gasteiger partial charge in [-0.3, -0.25) is 4.79 Å². The fraction of sp³-hybridized carbons (Fsp3) is 0.357. The van der Waals surface area contributed by atoms with Crippen molar-refractivity contribution >= 4 is 5.78 Å². The summed E-state index contributed by atoms with van der Waals surface area (Å²) in [5.41, 5.74) is 4.42. The summed E-state index contributed by atoms with van der Waals surface area (Å²) in [7, 11) is 0. The molecule has 2 heteroatoms. The molecule has 0 spiro atoms. The molecular formula is C14H17NO. The molecule has 1 aliphatic rings. The Morgan fingerprint density at radius 1 is 1.38 bits per heavy atom. The third kappa shape index (κ3) is 2.22. The van der Waals surface area contributed by atoms with E-state index in [4.69, 9.17) is 0 Å². The van der Waals surface area contributed by atoms with Crippen molar-refractivity contribution in [1.29, 1.82) is 0 Å². The quantitative estimate of drug-likeness (QED) is 0.606. The van der Waals surface area contributed by atoms with E-state index in [-0.39, 0.29) is 5.78 Å². The van der Waals surface area contributed by atoms with Crippen LogP contribution in [0.4, 0.5) is 0 Å². The second-order valence-electron chi connectivity index (χ2n) is 4.46. The summed E-state index contributed by atoms with van der Waals surface area (Å²) in [6.07, 6.45) is 2.67. The van der Waals surface area contributed by atoms with Crippen molar-refractivity contribution in [3.63, 3.8) is 0 Å². The monoisotopic (exact) mass is 215 g/mol. The summed E-state index contributed by atoms with van der Waals surface area (Å²) in [5, 5.41) is 3.32. The third-order valence-electron chi connectivity index (χ3n) is 2.83. The highest BCUT2D eigenvalue weighted by molar-refractivity contribution is 6.06. The van der Waals surface area contributed by atoms with Crippen LogP contribution < -0.4 is 5.32 Å². The molecule has 0 aromatic heterocycles. The number of hydrogen-bond donors (Lipinski definition) is 1. The predicted octanol–water partition coefficient (Wildman–Crippen LogP) is 2.48. The molecule has 16 heavy (non-hydrogen) atoms. The van der Waals surface area contributed by atoms with E-state index in [1.807, 2.05) is 26.0 Å². The summed E-state index contributed by atoms with van der Waals surface area (Å²) in [6.45, 7) is 5.75. The maximum absolute atomic E-state index is 12.0. The molecule has 0 amide bonds. The zero-order chi connectivity index (χ0) is 11.5. The average molecular weight is 215 g/mol. The largest absolute Gasteiger partial charge is 0.312 e. The number of carbonyl (C=O) groups is 1. The molecule has 84 valence electrons. The first-order valence-electron chi connectivity index (χ1n) is 5.69. The molecule has 0 radical (unpaired) electrons. The Morgan fingerprint density at radius 3 is 2.94 bits per heavy atom. The summed E-state index contributed by atoms with van der Waals surface area (Å²) in [6, 6.07) is 6.00. The Morgan fingerprint density at radius 2 is 2.19 bits per heavy atom. The van der Waals surface area contributed by atoms with Gasteiger partial charge in [0, 0.05) is 12.1 Å². The maximum Gasteiger partial charge on any atom is 0.186 e. The van der Waals surface area contributed by atoms with Crippen molar-refractivity contribution in [3.05, 3.63) is 46.5 Å². The molecule has 0 unspecified atom stereocenters. The smallest absolute Gasteiger partial charge is 0.186 e. The standard InChI is InChI=1S/C14H17NO/c1-10(2)8-14(16)13-5-3-4-11-9-15-7-6-12(11)13/h3-5,8,15H,6-7,9H2,1-2H3. The predicted molar refractivity (Wildman–Crippen MR) is 65.6 cm³/mol. The molecule has 2 rings (SSSR count). The molecule has 0 atom stereocenters. The van der Waals surface area contributed by atoms with Gasteiger partial charge in [-0.25, -0.2) is 0 Å². The van der Waals surface area contributed by atoms with Crippen LogP contribution in [0, 0.1) is 0 Å². The molecule has 0 aliphatic carbocycles. The van der Waals surface area contributed by atoms with E-state index in [2.05, 4.69) is 11.4 Å². The minimum atomic E-state index is 0.138. The van der Waals surface area contributed by atoms with Crippen molar-refractivity contribution in [1.82, 2.24) is 5.32 Å². The Labute approximate surface area is 96.4 Å². The molecule has 0 bridgehead atoms. The minimum Gasteiger partial charge on any atom is -0.312 e. The van der Waals surface area contributed by atoms with Gasteiger partial charge in [-0.15, -0.1) is 0 Å². The number of nitrogens with one attached hydrogen (secondary N) is 1. The summed E-state index contributed by atoms with van der Waals surface area (Å²) in [4.78, 5) is 12.0. The van der Waals surface area contributed by atoms with Crippen LogP contribution in [-0.4, -0.2) is 12.3 Å². The molecule has 0 fully saturated rings. The van der Waals surface area contributed by atoms with Crippen LogP contribution in [0.5, 0.6) is 0 Å². The SMILES string of the molecule is CC(C)=CC(=O)c1cccc2c1CCNC2. The van der Waals surface area contributed by atoms with E-state index in [0.29, 0.717) is 0 Å². The van der Waals surface area contributed by atoms with Gasteiger partial charge in [0.25, 0.3) is 0 Å². The van der Waals surface area contributed by atoms with E-state index in [1.165, 1.54) is 11.1 Å². The fourth-order valence-corrected chi connectivity index (χ4v) is 2.10. The number of rotatable bonds is 2. The lowest BCUT2D eigenvalue weighted by atomic mass is 9.93. The van der Waals surface area contributed by atoms with Gasteiger partial charge in [0.15, 0.2) is 5.78 Å². The number of hydrogen-bond acceptors (Lipinski definition) is 2. The number of allylic oxidation sites excluding steroid dienone is 2. The van der Waals surface area contributed by atoms with Gasteiger partial charge in [0.05, 0.1) is 0 Å². The van der Waals surface area contributed by atoms with Crippen molar-refractivity contribution in [2.45, 2.75) is 26.8 Å². The van der Waals surface area contributed by atoms with Crippen molar-refractivity contribution in [3.8, 4) is 0 Å². The van der Waals surface area contributed by atoms with Crippen molar-refractivity contribution in [2.24, 2.45) is 0 Å². The van der Waals surface area contributed by atoms with Crippen LogP contribution in [0.1, 0.15) is 35.3 Å². The zero-order valence-electron chi connectivity index (χ0n) is 9.84. The van der Waals surface area contributed by atoms with Crippen LogP contribution in [0.25, 0.3) is 0 Å². The Kier molecular flexibility index (Phi) is 3.20. The topological polar surface area (TPSA) is 29.1 Å². The van der Waals surface area contributed by atoms with Gasteiger partial charge in [-0.05, 0) is 44.0 Å². The highest BCUT2D eigenvalue weighted by atomic mass is 16.1. The highest BCUT2D eigenvalue weighted by Gasteiger charge is 2.15. The molecule has 1 N–H and O–H groups in total. The summed E-state index contributed by atoms with van der Waals surface area (Å²) >= 11 is 0. The van der Waals surface area contributed by atoms with E-state index in [0.717, 1.165) is 30.6 Å². The molecule has 0 saturated carbocycles. The van der Waals surface area contributed by atoms with Gasteiger partial charge in [0.2, 0.25) is 0 Å². The zero-order valence-corrected chi connectivity index (χ0v) is 9.84. The van der Waals surface area contributed by atoms with Crippen LogP contribution in [0.15, 0.2) is 29.8 Å². The van der Waals surface area contributed by atoms with Gasteiger partial charge in [-0.1, -0.05) is 23.8 Å². The molecule has 0 saturated heterocycles. The van der Waals surface area contributed by atoms with Gasteiger partial charge in [0.1, 0.15) is 0 Å². The first kappa shape index (κ1) is 11.1. The van der Waals surface area contributed by atoms with Crippen LogP contribution in [-0.2, 0) is 13.0 Å². The average Bonchev–Trinajstić information content (AvgIpc) is 2.27. The normalized spacial score (nSPS) is 14.1. The van der Waals surface area contributed by atoms with Crippen molar-refractivity contribution < 1.29 is 4.79 Å². The Bertz CT molecular complexity index is 442. The summed E-state index contributed by atoms with van der Waals surface area (Å²) in [5.74, 6) is 0.138. The highest BCUT2D eigenvalue weighted by Crippen LogP contribution is 2.19. The second kappa shape index (κ2) is 4.62. The molecular weight excluding hydrogens is 198 g/mol. The first-order valence-corrected chi connectivity index (χ1v) is 5.69. The molecule has 1 aliphatic heterocycles. The maximum atomic E-state index is 12.0. The minimum absolute atomic E-state index is 0.138. The molecule has 1 heterocycles. The van der Waals surface area contributed by atoms with E-state index in [9.17, 15) is 4.79 Å². The second-order valence-corrected chi connectivity index (χ2v) is 4.46. The molecule has 2 nitrogen and oxygen atoms in total. The van der Waals surface area contributed by atoms with Crippen LogP contribution in [0.3, 0.4) is 0 Å². The van der Waals surface area contributed by atoms with Crippen molar-refractivity contribution in [2.75, 3.05) is 6.54 Å². The number of carbonyl (C=O) groups excluding carboxylic acids is 1. The lowest BCUT2D eigenvalue weighted by molar-refractivity contribution is 0.104. The van der Waals surface area contributed by atoms with E-state index in [1.54, 1.807) is 6.08 Å². The van der Waals surface area contributed by atoms with Crippen LogP contribution >= 0.6 is 0 Å².